The van der Waals surface area contributed by atoms with Crippen molar-refractivity contribution in [2.45, 2.75) is 52.2 Å². The molecular weight excluding hydrogens is 212 g/mol. The minimum atomic E-state index is 0.0731. The smallest absolute Gasteiger partial charge is 0.131 e. The Morgan fingerprint density at radius 1 is 1.41 bits per heavy atom. The molecule has 0 spiro atoms. The molecule has 0 aliphatic heterocycles. The van der Waals surface area contributed by atoms with E-state index in [0.717, 1.165) is 17.9 Å². The van der Waals surface area contributed by atoms with Crippen molar-refractivity contribution in [2.24, 2.45) is 0 Å². The number of anilines is 1. The van der Waals surface area contributed by atoms with Crippen molar-refractivity contribution in [1.82, 2.24) is 4.98 Å². The van der Waals surface area contributed by atoms with Gasteiger partial charge in [-0.05, 0) is 43.9 Å². The van der Waals surface area contributed by atoms with E-state index >= 15 is 0 Å². The minimum absolute atomic E-state index is 0.0731. The molecule has 0 radical (unpaired) electrons. The van der Waals surface area contributed by atoms with Crippen molar-refractivity contribution in [3.8, 4) is 0 Å². The zero-order valence-corrected chi connectivity index (χ0v) is 10.8. The van der Waals surface area contributed by atoms with Crippen molar-refractivity contribution in [2.75, 3.05) is 11.4 Å². The summed E-state index contributed by atoms with van der Waals surface area (Å²) in [6.07, 6.45) is 7.05. The van der Waals surface area contributed by atoms with Gasteiger partial charge in [-0.2, -0.15) is 0 Å². The highest BCUT2D eigenvalue weighted by atomic mass is 16.3. The molecule has 3 nitrogen and oxygen atoms in total. The van der Waals surface area contributed by atoms with Gasteiger partial charge in [0.15, 0.2) is 0 Å². The molecule has 0 saturated heterocycles. The standard InChI is InChI=1S/C14H22N2O/c1-3-16(13-6-4-5-7-13)14-11(2)8-12(10-17)9-15-14/h8-9,13,17H,3-7,10H2,1-2H3. The Kier molecular flexibility index (Phi) is 4.00. The van der Waals surface area contributed by atoms with Crippen LogP contribution in [0.4, 0.5) is 5.82 Å². The Bertz CT molecular complexity index is 372. The molecule has 1 aliphatic carbocycles. The number of aliphatic hydroxyl groups excluding tert-OH is 1. The topological polar surface area (TPSA) is 36.4 Å². The van der Waals surface area contributed by atoms with Gasteiger partial charge in [-0.25, -0.2) is 4.98 Å². The zero-order chi connectivity index (χ0) is 12.3. The van der Waals surface area contributed by atoms with E-state index < -0.39 is 0 Å². The molecule has 1 heterocycles. The zero-order valence-electron chi connectivity index (χ0n) is 10.8. The summed E-state index contributed by atoms with van der Waals surface area (Å²) in [6, 6.07) is 2.70. The Hall–Kier alpha value is -1.09. The molecule has 0 aromatic carbocycles. The molecule has 1 saturated carbocycles. The number of hydrogen-bond donors (Lipinski definition) is 1. The summed E-state index contributed by atoms with van der Waals surface area (Å²) in [4.78, 5) is 6.95. The molecular formula is C14H22N2O. The SMILES string of the molecule is CCN(c1ncc(CO)cc1C)C1CCCC1. The molecule has 94 valence electrons. The highest BCUT2D eigenvalue weighted by Gasteiger charge is 2.23. The number of aromatic nitrogens is 1. The third-order valence-electron chi connectivity index (χ3n) is 3.67. The maximum absolute atomic E-state index is 9.11. The maximum atomic E-state index is 9.11. The molecule has 1 aromatic heterocycles. The quantitative estimate of drug-likeness (QED) is 0.870. The Labute approximate surface area is 103 Å². The first-order valence-electron chi connectivity index (χ1n) is 6.59. The number of aliphatic hydroxyl groups is 1. The number of aryl methyl sites for hydroxylation is 1. The highest BCUT2D eigenvalue weighted by molar-refractivity contribution is 5.48. The third-order valence-corrected chi connectivity index (χ3v) is 3.67. The van der Waals surface area contributed by atoms with Crippen LogP contribution >= 0.6 is 0 Å². The second-order valence-corrected chi connectivity index (χ2v) is 4.87. The van der Waals surface area contributed by atoms with E-state index in [2.05, 4.69) is 23.7 Å². The summed E-state index contributed by atoms with van der Waals surface area (Å²) in [5.41, 5.74) is 2.07. The van der Waals surface area contributed by atoms with Crippen molar-refractivity contribution >= 4 is 5.82 Å². The van der Waals surface area contributed by atoms with Crippen molar-refractivity contribution in [3.05, 3.63) is 23.4 Å². The number of pyridine rings is 1. The molecule has 1 N–H and O–H groups in total. The lowest BCUT2D eigenvalue weighted by molar-refractivity contribution is 0.281. The normalized spacial score (nSPS) is 16.4. The van der Waals surface area contributed by atoms with E-state index in [1.165, 1.54) is 31.2 Å². The van der Waals surface area contributed by atoms with Gasteiger partial charge >= 0.3 is 0 Å². The maximum Gasteiger partial charge on any atom is 0.131 e. The van der Waals surface area contributed by atoms with Crippen LogP contribution in [-0.4, -0.2) is 22.7 Å². The van der Waals surface area contributed by atoms with Gasteiger partial charge < -0.3 is 10.0 Å². The second kappa shape index (κ2) is 5.50. The lowest BCUT2D eigenvalue weighted by atomic mass is 10.1. The fraction of sp³-hybridized carbons (Fsp3) is 0.643. The summed E-state index contributed by atoms with van der Waals surface area (Å²) in [7, 11) is 0. The van der Waals surface area contributed by atoms with Gasteiger partial charge in [0, 0.05) is 18.8 Å². The van der Waals surface area contributed by atoms with Crippen LogP contribution in [0.1, 0.15) is 43.7 Å². The van der Waals surface area contributed by atoms with Crippen molar-refractivity contribution in [3.63, 3.8) is 0 Å². The fourth-order valence-corrected chi connectivity index (χ4v) is 2.81. The van der Waals surface area contributed by atoms with Crippen molar-refractivity contribution in [1.29, 1.82) is 0 Å². The average Bonchev–Trinajstić information content (AvgIpc) is 2.85. The molecule has 2 rings (SSSR count). The van der Waals surface area contributed by atoms with Crippen LogP contribution < -0.4 is 4.90 Å². The van der Waals surface area contributed by atoms with E-state index in [1.54, 1.807) is 6.20 Å². The van der Waals surface area contributed by atoms with Crippen LogP contribution in [0, 0.1) is 6.92 Å². The first kappa shape index (κ1) is 12.4. The van der Waals surface area contributed by atoms with E-state index in [0.29, 0.717) is 6.04 Å². The van der Waals surface area contributed by atoms with Gasteiger partial charge in [0.05, 0.1) is 6.61 Å². The predicted molar refractivity (Wildman–Crippen MR) is 70.2 cm³/mol. The van der Waals surface area contributed by atoms with Crippen molar-refractivity contribution < 1.29 is 5.11 Å². The van der Waals surface area contributed by atoms with Crippen LogP contribution in [0.5, 0.6) is 0 Å². The molecule has 1 aromatic rings. The summed E-state index contributed by atoms with van der Waals surface area (Å²) in [5.74, 6) is 1.09. The highest BCUT2D eigenvalue weighted by Crippen LogP contribution is 2.28. The third kappa shape index (κ3) is 2.60. The molecule has 0 bridgehead atoms. The van der Waals surface area contributed by atoms with Gasteiger partial charge in [0.1, 0.15) is 5.82 Å². The molecule has 1 fully saturated rings. The lowest BCUT2D eigenvalue weighted by Gasteiger charge is -2.30. The van der Waals surface area contributed by atoms with Crippen LogP contribution in [-0.2, 0) is 6.61 Å². The second-order valence-electron chi connectivity index (χ2n) is 4.87. The van der Waals surface area contributed by atoms with Gasteiger partial charge in [-0.3, -0.25) is 0 Å². The monoisotopic (exact) mass is 234 g/mol. The van der Waals surface area contributed by atoms with Crippen LogP contribution in [0.2, 0.25) is 0 Å². The van der Waals surface area contributed by atoms with E-state index in [1.807, 2.05) is 6.07 Å². The number of rotatable bonds is 4. The number of hydrogen-bond acceptors (Lipinski definition) is 3. The Balaban J connectivity index is 2.23. The van der Waals surface area contributed by atoms with E-state index in [9.17, 15) is 0 Å². The largest absolute Gasteiger partial charge is 0.392 e. The van der Waals surface area contributed by atoms with Crippen LogP contribution in [0.3, 0.4) is 0 Å². The molecule has 3 heteroatoms. The lowest BCUT2D eigenvalue weighted by Crippen LogP contribution is -2.34. The number of nitrogens with zero attached hydrogens (tertiary/aromatic N) is 2. The first-order chi connectivity index (χ1) is 8.26. The fourth-order valence-electron chi connectivity index (χ4n) is 2.81. The van der Waals surface area contributed by atoms with Gasteiger partial charge in [0.2, 0.25) is 0 Å². The summed E-state index contributed by atoms with van der Waals surface area (Å²) in [6.45, 7) is 5.36. The predicted octanol–water partition coefficient (Wildman–Crippen LogP) is 2.65. The van der Waals surface area contributed by atoms with Crippen LogP contribution in [0.25, 0.3) is 0 Å². The van der Waals surface area contributed by atoms with E-state index in [-0.39, 0.29) is 6.61 Å². The molecule has 0 atom stereocenters. The summed E-state index contributed by atoms with van der Waals surface area (Å²) < 4.78 is 0. The molecule has 0 amide bonds. The molecule has 0 unspecified atom stereocenters. The molecule has 1 aliphatic rings. The van der Waals surface area contributed by atoms with E-state index in [4.69, 9.17) is 5.11 Å². The first-order valence-corrected chi connectivity index (χ1v) is 6.59. The van der Waals surface area contributed by atoms with Gasteiger partial charge in [0.25, 0.3) is 0 Å². The summed E-state index contributed by atoms with van der Waals surface area (Å²) >= 11 is 0. The average molecular weight is 234 g/mol. The van der Waals surface area contributed by atoms with Gasteiger partial charge in [-0.1, -0.05) is 12.8 Å². The summed E-state index contributed by atoms with van der Waals surface area (Å²) in [5, 5.41) is 9.11. The molecule has 17 heavy (non-hydrogen) atoms. The van der Waals surface area contributed by atoms with Crippen LogP contribution in [0.15, 0.2) is 12.3 Å². The Morgan fingerprint density at radius 2 is 2.12 bits per heavy atom. The Morgan fingerprint density at radius 3 is 2.65 bits per heavy atom. The minimum Gasteiger partial charge on any atom is -0.392 e. The van der Waals surface area contributed by atoms with Gasteiger partial charge in [-0.15, -0.1) is 0 Å².